The van der Waals surface area contributed by atoms with E-state index < -0.39 is 29.4 Å². The number of carbonyl (C=O) groups is 3. The van der Waals surface area contributed by atoms with E-state index in [1.807, 2.05) is 13.8 Å². The summed E-state index contributed by atoms with van der Waals surface area (Å²) in [5, 5.41) is 13.8. The molecule has 0 bridgehead atoms. The van der Waals surface area contributed by atoms with Gasteiger partial charge in [0.2, 0.25) is 11.8 Å². The first-order valence-corrected chi connectivity index (χ1v) is 12.8. The highest BCUT2D eigenvalue weighted by Crippen LogP contribution is 2.21. The lowest BCUT2D eigenvalue weighted by atomic mass is 10.1. The molecule has 0 aliphatic heterocycles. The molecule has 0 aliphatic rings. The Hall–Kier alpha value is -4.55. The third kappa shape index (κ3) is 7.52. The van der Waals surface area contributed by atoms with Crippen LogP contribution < -0.4 is 16.2 Å². The number of likely N-dealkylation sites (N-methyl/N-ethyl adjacent to an activating group) is 1. The zero-order chi connectivity index (χ0) is 29.6. The number of allylic oxidation sites excluding steroid dienone is 1. The average Bonchev–Trinajstić information content (AvgIpc) is 3.31. The van der Waals surface area contributed by atoms with Crippen LogP contribution in [-0.4, -0.2) is 67.6 Å². The molecule has 3 rings (SSSR count). The molecule has 3 aromatic rings. The van der Waals surface area contributed by atoms with Crippen molar-refractivity contribution >= 4 is 34.6 Å². The van der Waals surface area contributed by atoms with Crippen molar-refractivity contribution in [3.63, 3.8) is 0 Å². The molecule has 0 aromatic carbocycles. The monoisotopic (exact) mass is 555 g/mol. The lowest BCUT2D eigenvalue weighted by Crippen LogP contribution is -2.44. The summed E-state index contributed by atoms with van der Waals surface area (Å²) >= 11 is 0. The minimum atomic E-state index is -1.40. The standard InChI is InChI=1S/C27H34FN7O5/c1-15(2)12-20-24-23(17(28)13-29-20)32-21(33-24)14-35-16(3)10-11-19(26(35)38)30-25(37)18(31-27(39)40)8-6-7-9-22(36)34(4)5/h7,9-11,13,15,18,31H,6,8,12,14H2,1-5H3,(H,30,37)(H,32,33)(H,39,40)/b9-7+/t18-/m0/s1. The normalized spacial score (nSPS) is 12.2. The van der Waals surface area contributed by atoms with E-state index in [0.29, 0.717) is 29.1 Å². The molecule has 3 aromatic heterocycles. The predicted molar refractivity (Wildman–Crippen MR) is 148 cm³/mol. The van der Waals surface area contributed by atoms with Crippen LogP contribution in [0.3, 0.4) is 0 Å². The average molecular weight is 556 g/mol. The number of imidazole rings is 1. The fourth-order valence-electron chi connectivity index (χ4n) is 4.02. The van der Waals surface area contributed by atoms with Crippen LogP contribution in [-0.2, 0) is 22.6 Å². The summed E-state index contributed by atoms with van der Waals surface area (Å²) in [7, 11) is 3.19. The number of carboxylic acid groups (broad SMARTS) is 1. The number of anilines is 1. The van der Waals surface area contributed by atoms with Crippen LogP contribution in [0.15, 0.2) is 35.3 Å². The molecule has 40 heavy (non-hydrogen) atoms. The summed E-state index contributed by atoms with van der Waals surface area (Å²) in [6.07, 6.45) is 3.53. The number of amides is 3. The van der Waals surface area contributed by atoms with E-state index >= 15 is 0 Å². The van der Waals surface area contributed by atoms with E-state index in [1.165, 1.54) is 21.6 Å². The van der Waals surface area contributed by atoms with Crippen LogP contribution in [0.4, 0.5) is 14.9 Å². The first kappa shape index (κ1) is 30.0. The van der Waals surface area contributed by atoms with Crippen molar-refractivity contribution in [1.29, 1.82) is 0 Å². The Balaban J connectivity index is 1.82. The van der Waals surface area contributed by atoms with Crippen molar-refractivity contribution < 1.29 is 23.9 Å². The van der Waals surface area contributed by atoms with E-state index in [2.05, 4.69) is 25.6 Å². The van der Waals surface area contributed by atoms with Crippen LogP contribution >= 0.6 is 0 Å². The van der Waals surface area contributed by atoms with Gasteiger partial charge >= 0.3 is 6.09 Å². The van der Waals surface area contributed by atoms with Gasteiger partial charge in [-0.15, -0.1) is 0 Å². The van der Waals surface area contributed by atoms with Crippen molar-refractivity contribution in [2.24, 2.45) is 5.92 Å². The third-order valence-electron chi connectivity index (χ3n) is 6.10. The fourth-order valence-corrected chi connectivity index (χ4v) is 4.02. The fraction of sp³-hybridized carbons (Fsp3) is 0.407. The highest BCUT2D eigenvalue weighted by Gasteiger charge is 2.22. The van der Waals surface area contributed by atoms with Crippen LogP contribution in [0.25, 0.3) is 11.0 Å². The molecule has 0 radical (unpaired) electrons. The van der Waals surface area contributed by atoms with Gasteiger partial charge in [-0.1, -0.05) is 19.9 Å². The number of fused-ring (bicyclic) bond motifs is 1. The van der Waals surface area contributed by atoms with Crippen molar-refractivity contribution in [2.75, 3.05) is 19.4 Å². The number of aromatic amines is 1. The number of aryl methyl sites for hydroxylation is 1. The maximum atomic E-state index is 14.5. The molecule has 0 saturated carbocycles. The van der Waals surface area contributed by atoms with Gasteiger partial charge in [0.1, 0.15) is 28.6 Å². The number of rotatable bonds is 11. The number of pyridine rings is 2. The van der Waals surface area contributed by atoms with E-state index in [9.17, 15) is 28.7 Å². The van der Waals surface area contributed by atoms with Crippen molar-refractivity contribution in [3.05, 3.63) is 63.9 Å². The van der Waals surface area contributed by atoms with Gasteiger partial charge in [-0.2, -0.15) is 0 Å². The second kappa shape index (κ2) is 13.0. The SMILES string of the molecule is Cc1ccc(NC(=O)[C@H](CC/C=C/C(=O)N(C)C)NC(=O)O)c(=O)n1Cc1nc2c(CC(C)C)ncc(F)c2[nH]1. The number of nitrogens with zero attached hydrogens (tertiary/aromatic N) is 4. The molecule has 0 fully saturated rings. The molecular weight excluding hydrogens is 521 g/mol. The summed E-state index contributed by atoms with van der Waals surface area (Å²) < 4.78 is 15.8. The molecular formula is C27H34FN7O5. The molecule has 3 amide bonds. The van der Waals surface area contributed by atoms with Gasteiger partial charge in [0.15, 0.2) is 5.82 Å². The number of carbonyl (C=O) groups excluding carboxylic acids is 2. The molecule has 12 nitrogen and oxygen atoms in total. The summed E-state index contributed by atoms with van der Waals surface area (Å²) in [4.78, 5) is 62.2. The zero-order valence-electron chi connectivity index (χ0n) is 23.1. The molecule has 0 unspecified atom stereocenters. The Morgan fingerprint density at radius 3 is 2.62 bits per heavy atom. The Bertz CT molecular complexity index is 1490. The smallest absolute Gasteiger partial charge is 0.405 e. The number of aromatic nitrogens is 4. The Kier molecular flexibility index (Phi) is 9.75. The molecule has 0 saturated heterocycles. The van der Waals surface area contributed by atoms with Crippen LogP contribution in [0.5, 0.6) is 0 Å². The maximum absolute atomic E-state index is 14.5. The van der Waals surface area contributed by atoms with Crippen LogP contribution in [0, 0.1) is 18.7 Å². The predicted octanol–water partition coefficient (Wildman–Crippen LogP) is 2.81. The Labute approximate surface area is 230 Å². The molecule has 13 heteroatoms. The van der Waals surface area contributed by atoms with Crippen LogP contribution in [0.2, 0.25) is 0 Å². The van der Waals surface area contributed by atoms with Gasteiger partial charge in [0, 0.05) is 19.8 Å². The number of hydrogen-bond acceptors (Lipinski definition) is 6. The van der Waals surface area contributed by atoms with E-state index in [-0.39, 0.29) is 42.4 Å². The first-order chi connectivity index (χ1) is 18.9. The summed E-state index contributed by atoms with van der Waals surface area (Å²) in [6, 6.07) is 1.89. The Morgan fingerprint density at radius 1 is 1.25 bits per heavy atom. The molecule has 1 atom stereocenters. The van der Waals surface area contributed by atoms with E-state index in [0.717, 1.165) is 6.20 Å². The first-order valence-electron chi connectivity index (χ1n) is 12.8. The molecule has 0 aliphatic carbocycles. The largest absolute Gasteiger partial charge is 0.465 e. The maximum Gasteiger partial charge on any atom is 0.405 e. The number of halogens is 1. The van der Waals surface area contributed by atoms with Gasteiger partial charge in [-0.25, -0.2) is 14.2 Å². The van der Waals surface area contributed by atoms with Gasteiger partial charge < -0.3 is 30.2 Å². The lowest BCUT2D eigenvalue weighted by Gasteiger charge is -2.17. The number of nitrogens with one attached hydrogen (secondary N) is 3. The highest BCUT2D eigenvalue weighted by atomic mass is 19.1. The summed E-state index contributed by atoms with van der Waals surface area (Å²) in [5.41, 5.74) is 1.23. The van der Waals surface area contributed by atoms with E-state index in [1.54, 1.807) is 33.2 Å². The van der Waals surface area contributed by atoms with E-state index in [4.69, 9.17) is 0 Å². The molecule has 214 valence electrons. The minimum Gasteiger partial charge on any atom is -0.465 e. The summed E-state index contributed by atoms with van der Waals surface area (Å²) in [6.45, 7) is 5.72. The van der Waals surface area contributed by atoms with Gasteiger partial charge in [0.25, 0.3) is 5.56 Å². The zero-order valence-corrected chi connectivity index (χ0v) is 23.1. The molecule has 4 N–H and O–H groups in total. The summed E-state index contributed by atoms with van der Waals surface area (Å²) in [5.74, 6) is -0.902. The Morgan fingerprint density at radius 2 is 1.98 bits per heavy atom. The van der Waals surface area contributed by atoms with Gasteiger partial charge in [0.05, 0.1) is 18.4 Å². The highest BCUT2D eigenvalue weighted by molar-refractivity contribution is 5.96. The van der Waals surface area contributed by atoms with Crippen molar-refractivity contribution in [1.82, 2.24) is 29.7 Å². The quantitative estimate of drug-likeness (QED) is 0.264. The second-order valence-corrected chi connectivity index (χ2v) is 10.0. The number of H-pyrrole nitrogens is 1. The minimum absolute atomic E-state index is 0.0227. The topological polar surface area (TPSA) is 162 Å². The second-order valence-electron chi connectivity index (χ2n) is 10.0. The van der Waals surface area contributed by atoms with Crippen molar-refractivity contribution in [2.45, 2.75) is 52.6 Å². The molecule has 0 spiro atoms. The van der Waals surface area contributed by atoms with Crippen molar-refractivity contribution in [3.8, 4) is 0 Å². The van der Waals surface area contributed by atoms with Gasteiger partial charge in [-0.05, 0) is 50.3 Å². The third-order valence-corrected chi connectivity index (χ3v) is 6.10. The van der Waals surface area contributed by atoms with Crippen LogP contribution in [0.1, 0.15) is 43.9 Å². The lowest BCUT2D eigenvalue weighted by molar-refractivity contribution is -0.123. The number of hydrogen-bond donors (Lipinski definition) is 4. The van der Waals surface area contributed by atoms with Gasteiger partial charge in [-0.3, -0.25) is 19.4 Å². The molecule has 3 heterocycles.